The summed E-state index contributed by atoms with van der Waals surface area (Å²) in [7, 11) is 0. The van der Waals surface area contributed by atoms with E-state index in [2.05, 4.69) is 0 Å². The molecule has 1 amide bonds. The molecule has 0 bridgehead atoms. The van der Waals surface area contributed by atoms with Crippen molar-refractivity contribution in [3.8, 4) is 5.75 Å². The van der Waals surface area contributed by atoms with Crippen LogP contribution in [-0.2, 0) is 6.42 Å². The van der Waals surface area contributed by atoms with E-state index in [-0.39, 0.29) is 19.1 Å². The molecule has 0 aliphatic carbocycles. The molecular formula is C20H21FN2O2. The highest BCUT2D eigenvalue weighted by Crippen LogP contribution is 2.29. The smallest absolute Gasteiger partial charge is 0.258 e. The number of amides is 1. The predicted octanol–water partition coefficient (Wildman–Crippen LogP) is 3.39. The van der Waals surface area contributed by atoms with Crippen LogP contribution in [-0.4, -0.2) is 25.6 Å². The third-order valence-electron chi connectivity index (χ3n) is 4.40. The second-order valence-corrected chi connectivity index (χ2v) is 6.07. The maximum absolute atomic E-state index is 12.8. The number of halogens is 1. The molecule has 1 aliphatic heterocycles. The number of aryl methyl sites for hydroxylation is 1. The SMILES string of the molecule is Cc1ccccc1N1CCc2cc(OC/C(=C/F)CN)ccc2C1=O. The van der Waals surface area contributed by atoms with Crippen LogP contribution < -0.4 is 15.4 Å². The summed E-state index contributed by atoms with van der Waals surface area (Å²) >= 11 is 0. The topological polar surface area (TPSA) is 55.6 Å². The summed E-state index contributed by atoms with van der Waals surface area (Å²) in [6.45, 7) is 2.85. The van der Waals surface area contributed by atoms with Crippen molar-refractivity contribution in [3.05, 3.63) is 71.1 Å². The average molecular weight is 340 g/mol. The minimum Gasteiger partial charge on any atom is -0.489 e. The molecule has 2 aromatic rings. The lowest BCUT2D eigenvalue weighted by Crippen LogP contribution is -2.38. The van der Waals surface area contributed by atoms with E-state index in [4.69, 9.17) is 10.5 Å². The molecule has 4 nitrogen and oxygen atoms in total. The summed E-state index contributed by atoms with van der Waals surface area (Å²) in [6, 6.07) is 13.2. The monoisotopic (exact) mass is 340 g/mol. The molecule has 0 fully saturated rings. The van der Waals surface area contributed by atoms with Gasteiger partial charge in [0.2, 0.25) is 0 Å². The second kappa shape index (κ2) is 7.49. The number of ether oxygens (including phenoxy) is 1. The Balaban J connectivity index is 1.80. The molecule has 2 aromatic carbocycles. The molecule has 0 saturated carbocycles. The van der Waals surface area contributed by atoms with Crippen LogP contribution >= 0.6 is 0 Å². The van der Waals surface area contributed by atoms with Crippen LogP contribution in [0.15, 0.2) is 54.4 Å². The highest BCUT2D eigenvalue weighted by Gasteiger charge is 2.26. The second-order valence-electron chi connectivity index (χ2n) is 6.07. The number of carbonyl (C=O) groups is 1. The van der Waals surface area contributed by atoms with Gasteiger partial charge in [0.1, 0.15) is 12.4 Å². The molecule has 0 radical (unpaired) electrons. The standard InChI is InChI=1S/C20H21FN2O2/c1-14-4-2-3-5-19(14)23-9-8-16-10-17(6-7-18(16)20(23)24)25-13-15(11-21)12-22/h2-7,10-11H,8-9,12-13,22H2,1H3/b15-11+. The van der Waals surface area contributed by atoms with Gasteiger partial charge in [-0.2, -0.15) is 0 Å². The van der Waals surface area contributed by atoms with Gasteiger partial charge in [-0.25, -0.2) is 4.39 Å². The Morgan fingerprint density at radius 2 is 2.12 bits per heavy atom. The molecular weight excluding hydrogens is 319 g/mol. The van der Waals surface area contributed by atoms with Crippen molar-refractivity contribution in [1.82, 2.24) is 0 Å². The average Bonchev–Trinajstić information content (AvgIpc) is 2.64. The lowest BCUT2D eigenvalue weighted by molar-refractivity contribution is 0.0980. The Labute approximate surface area is 146 Å². The summed E-state index contributed by atoms with van der Waals surface area (Å²) in [6.07, 6.45) is 1.22. The summed E-state index contributed by atoms with van der Waals surface area (Å²) in [5.41, 5.74) is 9.46. The Bertz CT molecular complexity index is 817. The summed E-state index contributed by atoms with van der Waals surface area (Å²) in [4.78, 5) is 14.7. The number of benzene rings is 2. The van der Waals surface area contributed by atoms with Crippen LogP contribution in [0.5, 0.6) is 5.75 Å². The van der Waals surface area contributed by atoms with Crippen LogP contribution in [0.4, 0.5) is 10.1 Å². The van der Waals surface area contributed by atoms with Gasteiger partial charge in [-0.05, 0) is 48.7 Å². The zero-order valence-electron chi connectivity index (χ0n) is 14.2. The van der Waals surface area contributed by atoms with Crippen LogP contribution in [0, 0.1) is 6.92 Å². The first kappa shape index (κ1) is 17.2. The van der Waals surface area contributed by atoms with Crippen LogP contribution in [0.1, 0.15) is 21.5 Å². The minimum absolute atomic E-state index is 0.00611. The first-order chi connectivity index (χ1) is 12.1. The largest absolute Gasteiger partial charge is 0.489 e. The van der Waals surface area contributed by atoms with Crippen molar-refractivity contribution in [2.45, 2.75) is 13.3 Å². The molecule has 1 aliphatic rings. The number of fused-ring (bicyclic) bond motifs is 1. The van der Waals surface area contributed by atoms with E-state index in [9.17, 15) is 9.18 Å². The van der Waals surface area contributed by atoms with Gasteiger partial charge in [0, 0.05) is 29.9 Å². The molecule has 3 rings (SSSR count). The maximum atomic E-state index is 12.8. The number of nitrogens with two attached hydrogens (primary N) is 1. The number of para-hydroxylation sites is 1. The fourth-order valence-electron chi connectivity index (χ4n) is 2.96. The van der Waals surface area contributed by atoms with Gasteiger partial charge < -0.3 is 15.4 Å². The van der Waals surface area contributed by atoms with Gasteiger partial charge in [-0.1, -0.05) is 18.2 Å². The molecule has 130 valence electrons. The molecule has 0 spiro atoms. The Morgan fingerprint density at radius 3 is 2.84 bits per heavy atom. The molecule has 0 aromatic heterocycles. The van der Waals surface area contributed by atoms with Gasteiger partial charge >= 0.3 is 0 Å². The molecule has 5 heteroatoms. The summed E-state index contributed by atoms with van der Waals surface area (Å²) in [5.74, 6) is 0.608. The van der Waals surface area contributed by atoms with Crippen LogP contribution in [0.25, 0.3) is 0 Å². The molecule has 2 N–H and O–H groups in total. The third kappa shape index (κ3) is 3.56. The minimum atomic E-state index is -0.00611. The summed E-state index contributed by atoms with van der Waals surface area (Å²) < 4.78 is 18.1. The van der Waals surface area contributed by atoms with Gasteiger partial charge in [-0.15, -0.1) is 0 Å². The fourth-order valence-corrected chi connectivity index (χ4v) is 2.96. The highest BCUT2D eigenvalue weighted by atomic mass is 19.1. The fraction of sp³-hybridized carbons (Fsp3) is 0.250. The first-order valence-electron chi connectivity index (χ1n) is 8.25. The van der Waals surface area contributed by atoms with Gasteiger partial charge in [0.15, 0.2) is 0 Å². The number of rotatable bonds is 5. The van der Waals surface area contributed by atoms with Gasteiger partial charge in [0.25, 0.3) is 5.91 Å². The molecule has 0 saturated heterocycles. The number of hydrogen-bond acceptors (Lipinski definition) is 3. The number of carbonyl (C=O) groups excluding carboxylic acids is 1. The molecule has 1 heterocycles. The molecule has 0 atom stereocenters. The Kier molecular flexibility index (Phi) is 5.14. The predicted molar refractivity (Wildman–Crippen MR) is 96.7 cm³/mol. The lowest BCUT2D eigenvalue weighted by atomic mass is 9.97. The van der Waals surface area contributed by atoms with E-state index in [1.54, 1.807) is 12.1 Å². The maximum Gasteiger partial charge on any atom is 0.258 e. The van der Waals surface area contributed by atoms with Crippen molar-refractivity contribution in [2.75, 3.05) is 24.6 Å². The van der Waals surface area contributed by atoms with Crippen molar-refractivity contribution in [3.63, 3.8) is 0 Å². The quantitative estimate of drug-likeness (QED) is 0.908. The molecule has 25 heavy (non-hydrogen) atoms. The molecule has 0 unspecified atom stereocenters. The van der Waals surface area contributed by atoms with Gasteiger partial charge in [0.05, 0.1) is 6.33 Å². The third-order valence-corrected chi connectivity index (χ3v) is 4.40. The summed E-state index contributed by atoms with van der Waals surface area (Å²) in [5, 5.41) is 0. The lowest BCUT2D eigenvalue weighted by Gasteiger charge is -2.30. The van der Waals surface area contributed by atoms with E-state index >= 15 is 0 Å². The van der Waals surface area contributed by atoms with Crippen molar-refractivity contribution in [2.24, 2.45) is 5.73 Å². The van der Waals surface area contributed by atoms with Crippen LogP contribution in [0.3, 0.4) is 0 Å². The highest BCUT2D eigenvalue weighted by molar-refractivity contribution is 6.08. The Hall–Kier alpha value is -2.66. The number of anilines is 1. The van der Waals surface area contributed by atoms with Crippen molar-refractivity contribution >= 4 is 11.6 Å². The normalized spacial score (nSPS) is 14.4. The first-order valence-corrected chi connectivity index (χ1v) is 8.25. The van der Waals surface area contributed by atoms with Crippen molar-refractivity contribution in [1.29, 1.82) is 0 Å². The number of nitrogens with zero attached hydrogens (tertiary/aromatic N) is 1. The van der Waals surface area contributed by atoms with Crippen molar-refractivity contribution < 1.29 is 13.9 Å². The van der Waals surface area contributed by atoms with E-state index in [1.165, 1.54) is 0 Å². The van der Waals surface area contributed by atoms with Crippen LogP contribution in [0.2, 0.25) is 0 Å². The zero-order valence-corrected chi connectivity index (χ0v) is 14.2. The zero-order chi connectivity index (χ0) is 17.8. The van der Waals surface area contributed by atoms with E-state index in [1.807, 2.05) is 42.2 Å². The van der Waals surface area contributed by atoms with Gasteiger partial charge in [-0.3, -0.25) is 4.79 Å². The Morgan fingerprint density at radius 1 is 1.32 bits per heavy atom. The van der Waals surface area contributed by atoms with E-state index in [0.717, 1.165) is 23.2 Å². The van der Waals surface area contributed by atoms with E-state index < -0.39 is 0 Å². The van der Waals surface area contributed by atoms with E-state index in [0.29, 0.717) is 29.8 Å². The number of hydrogen-bond donors (Lipinski definition) is 1.